The van der Waals surface area contributed by atoms with Gasteiger partial charge in [-0.25, -0.2) is 0 Å². The molecule has 2 N–H and O–H groups in total. The first kappa shape index (κ1) is 22.0. The summed E-state index contributed by atoms with van der Waals surface area (Å²) in [5, 5.41) is 7.00. The van der Waals surface area contributed by atoms with E-state index in [9.17, 15) is 0 Å². The van der Waals surface area contributed by atoms with Crippen molar-refractivity contribution in [2.24, 2.45) is 4.99 Å². The first-order valence-electron chi connectivity index (χ1n) is 9.78. The number of nitrogens with one attached hydrogen (secondary N) is 2. The molecule has 0 spiro atoms. The number of halogens is 1. The highest BCUT2D eigenvalue weighted by Crippen LogP contribution is 2.17. The molecule has 5 nitrogen and oxygen atoms in total. The van der Waals surface area contributed by atoms with Gasteiger partial charge in [0.15, 0.2) is 5.96 Å². The topological polar surface area (TPSA) is 42.9 Å². The molecule has 0 aromatic carbocycles. The first-order chi connectivity index (χ1) is 11.3. The van der Waals surface area contributed by atoms with Gasteiger partial charge in [0.05, 0.1) is 6.54 Å². The molecule has 2 heterocycles. The number of likely N-dealkylation sites (tertiary alicyclic amines) is 2. The molecule has 142 valence electrons. The van der Waals surface area contributed by atoms with E-state index in [1.165, 1.54) is 45.2 Å². The van der Waals surface area contributed by atoms with Gasteiger partial charge in [0.1, 0.15) is 0 Å². The molecule has 0 aromatic heterocycles. The quantitative estimate of drug-likeness (QED) is 0.355. The minimum atomic E-state index is 0. The second kappa shape index (κ2) is 12.3. The van der Waals surface area contributed by atoms with Gasteiger partial charge in [0.2, 0.25) is 0 Å². The molecule has 2 aliphatic heterocycles. The molecular weight excluding hydrogens is 413 g/mol. The number of hydrogen-bond acceptors (Lipinski definition) is 3. The van der Waals surface area contributed by atoms with Crippen molar-refractivity contribution in [1.82, 2.24) is 20.4 Å². The SMILES string of the molecule is CCNC(=NCC1CCCN1CC)NCC1CCCCN1CC.I. The van der Waals surface area contributed by atoms with Gasteiger partial charge in [-0.05, 0) is 58.8 Å². The van der Waals surface area contributed by atoms with E-state index in [4.69, 9.17) is 4.99 Å². The minimum absolute atomic E-state index is 0. The van der Waals surface area contributed by atoms with E-state index in [1.807, 2.05) is 0 Å². The summed E-state index contributed by atoms with van der Waals surface area (Å²) in [5.41, 5.74) is 0. The number of hydrogen-bond donors (Lipinski definition) is 2. The molecule has 0 amide bonds. The van der Waals surface area contributed by atoms with Crippen molar-refractivity contribution in [1.29, 1.82) is 0 Å². The maximum atomic E-state index is 4.86. The maximum absolute atomic E-state index is 4.86. The van der Waals surface area contributed by atoms with E-state index >= 15 is 0 Å². The van der Waals surface area contributed by atoms with E-state index in [-0.39, 0.29) is 24.0 Å². The smallest absolute Gasteiger partial charge is 0.191 e. The normalized spacial score (nSPS) is 26.2. The molecule has 2 aliphatic rings. The molecule has 0 bridgehead atoms. The van der Waals surface area contributed by atoms with Crippen LogP contribution in [0.1, 0.15) is 52.9 Å². The van der Waals surface area contributed by atoms with E-state index in [1.54, 1.807) is 0 Å². The lowest BCUT2D eigenvalue weighted by molar-refractivity contribution is 0.157. The van der Waals surface area contributed by atoms with Gasteiger partial charge in [-0.3, -0.25) is 14.8 Å². The van der Waals surface area contributed by atoms with E-state index < -0.39 is 0 Å². The number of guanidine groups is 1. The monoisotopic (exact) mass is 451 g/mol. The number of rotatable bonds is 7. The van der Waals surface area contributed by atoms with Crippen LogP contribution < -0.4 is 10.6 Å². The zero-order valence-corrected chi connectivity index (χ0v) is 18.2. The van der Waals surface area contributed by atoms with Gasteiger partial charge in [-0.2, -0.15) is 0 Å². The Morgan fingerprint density at radius 1 is 0.917 bits per heavy atom. The lowest BCUT2D eigenvalue weighted by Gasteiger charge is -2.35. The van der Waals surface area contributed by atoms with Gasteiger partial charge in [0.25, 0.3) is 0 Å². The number of likely N-dealkylation sites (N-methyl/N-ethyl adjacent to an activating group) is 2. The van der Waals surface area contributed by atoms with Crippen molar-refractivity contribution in [3.8, 4) is 0 Å². The predicted octanol–water partition coefficient (Wildman–Crippen LogP) is 2.52. The standard InChI is InChI=1S/C18H37N5.HI/c1-4-19-18(21-15-17-11-9-13-23(17)6-3)20-14-16-10-7-8-12-22(16)5-2;/h16-17H,4-15H2,1-3H3,(H2,19,20,21);1H. The van der Waals surface area contributed by atoms with Crippen LogP contribution in [0.3, 0.4) is 0 Å². The summed E-state index contributed by atoms with van der Waals surface area (Å²) in [6, 6.07) is 1.30. The zero-order chi connectivity index (χ0) is 16.5. The zero-order valence-electron chi connectivity index (χ0n) is 15.9. The fraction of sp³-hybridized carbons (Fsp3) is 0.944. The van der Waals surface area contributed by atoms with Crippen LogP contribution in [-0.2, 0) is 0 Å². The average molecular weight is 451 g/mol. The van der Waals surface area contributed by atoms with Crippen LogP contribution in [0.5, 0.6) is 0 Å². The van der Waals surface area contributed by atoms with Gasteiger partial charge in [0, 0.05) is 25.2 Å². The van der Waals surface area contributed by atoms with Gasteiger partial charge in [-0.15, -0.1) is 24.0 Å². The Bertz CT molecular complexity index is 363. The van der Waals surface area contributed by atoms with Crippen molar-refractivity contribution >= 4 is 29.9 Å². The Morgan fingerprint density at radius 3 is 2.29 bits per heavy atom. The van der Waals surface area contributed by atoms with Gasteiger partial charge < -0.3 is 10.6 Å². The molecule has 0 saturated carbocycles. The summed E-state index contributed by atoms with van der Waals surface area (Å²) in [7, 11) is 0. The summed E-state index contributed by atoms with van der Waals surface area (Å²) in [5.74, 6) is 0.997. The van der Waals surface area contributed by atoms with Crippen molar-refractivity contribution in [2.45, 2.75) is 65.0 Å². The maximum Gasteiger partial charge on any atom is 0.191 e. The molecule has 2 atom stereocenters. The number of nitrogens with zero attached hydrogens (tertiary/aromatic N) is 3. The second-order valence-electron chi connectivity index (χ2n) is 6.80. The van der Waals surface area contributed by atoms with Gasteiger partial charge >= 0.3 is 0 Å². The highest BCUT2D eigenvalue weighted by Gasteiger charge is 2.23. The Hall–Kier alpha value is -0.0800. The molecule has 2 saturated heterocycles. The molecule has 0 aliphatic carbocycles. The Kier molecular flexibility index (Phi) is 11.3. The van der Waals surface area contributed by atoms with E-state index in [2.05, 4.69) is 41.2 Å². The van der Waals surface area contributed by atoms with Crippen LogP contribution in [0.15, 0.2) is 4.99 Å². The lowest BCUT2D eigenvalue weighted by Crippen LogP contribution is -2.49. The van der Waals surface area contributed by atoms with Crippen LogP contribution in [0.2, 0.25) is 0 Å². The Morgan fingerprint density at radius 2 is 1.58 bits per heavy atom. The average Bonchev–Trinajstić information content (AvgIpc) is 3.05. The van der Waals surface area contributed by atoms with Crippen LogP contribution in [0.4, 0.5) is 0 Å². The van der Waals surface area contributed by atoms with Crippen LogP contribution in [0, 0.1) is 0 Å². The fourth-order valence-corrected chi connectivity index (χ4v) is 3.98. The summed E-state index contributed by atoms with van der Waals surface area (Å²) in [6.07, 6.45) is 6.65. The summed E-state index contributed by atoms with van der Waals surface area (Å²) < 4.78 is 0. The van der Waals surface area contributed by atoms with Crippen molar-refractivity contribution in [3.63, 3.8) is 0 Å². The first-order valence-corrected chi connectivity index (χ1v) is 9.78. The largest absolute Gasteiger partial charge is 0.357 e. The van der Waals surface area contributed by atoms with Crippen molar-refractivity contribution in [3.05, 3.63) is 0 Å². The minimum Gasteiger partial charge on any atom is -0.357 e. The Labute approximate surface area is 166 Å². The molecule has 0 aromatic rings. The third-order valence-electron chi connectivity index (χ3n) is 5.37. The Balaban J connectivity index is 0.00000288. The third-order valence-corrected chi connectivity index (χ3v) is 5.37. The summed E-state index contributed by atoms with van der Waals surface area (Å²) in [6.45, 7) is 14.3. The molecule has 2 rings (SSSR count). The van der Waals surface area contributed by atoms with Crippen molar-refractivity contribution < 1.29 is 0 Å². The van der Waals surface area contributed by atoms with Crippen LogP contribution in [-0.4, -0.2) is 73.7 Å². The van der Waals surface area contributed by atoms with Crippen molar-refractivity contribution in [2.75, 3.05) is 45.8 Å². The highest BCUT2D eigenvalue weighted by molar-refractivity contribution is 14.0. The summed E-state index contributed by atoms with van der Waals surface area (Å²) in [4.78, 5) is 10.0. The highest BCUT2D eigenvalue weighted by atomic mass is 127. The number of aliphatic imine (C=N–C) groups is 1. The molecular formula is C18H38IN5. The fourth-order valence-electron chi connectivity index (χ4n) is 3.98. The summed E-state index contributed by atoms with van der Waals surface area (Å²) >= 11 is 0. The predicted molar refractivity (Wildman–Crippen MR) is 115 cm³/mol. The molecule has 0 radical (unpaired) electrons. The van der Waals surface area contributed by atoms with E-state index in [0.717, 1.165) is 38.7 Å². The number of piperidine rings is 1. The van der Waals surface area contributed by atoms with Crippen LogP contribution >= 0.6 is 24.0 Å². The van der Waals surface area contributed by atoms with Gasteiger partial charge in [-0.1, -0.05) is 20.3 Å². The molecule has 24 heavy (non-hydrogen) atoms. The second-order valence-corrected chi connectivity index (χ2v) is 6.80. The third kappa shape index (κ3) is 6.67. The molecule has 2 unspecified atom stereocenters. The molecule has 6 heteroatoms. The van der Waals surface area contributed by atoms with Crippen LogP contribution in [0.25, 0.3) is 0 Å². The lowest BCUT2D eigenvalue weighted by atomic mass is 10.0. The molecule has 2 fully saturated rings. The van der Waals surface area contributed by atoms with E-state index in [0.29, 0.717) is 12.1 Å².